The van der Waals surface area contributed by atoms with Gasteiger partial charge in [0.2, 0.25) is 0 Å². The molecule has 3 N–H and O–H groups in total. The normalized spacial score (nSPS) is 20.7. The summed E-state index contributed by atoms with van der Waals surface area (Å²) < 4.78 is 1.98. The summed E-state index contributed by atoms with van der Waals surface area (Å²) in [5.74, 6) is 0.987. The molecule has 1 aromatic rings. The second kappa shape index (κ2) is 5.18. The van der Waals surface area contributed by atoms with Gasteiger partial charge in [-0.2, -0.15) is 5.10 Å². The van der Waals surface area contributed by atoms with Crippen LogP contribution in [0, 0.1) is 6.92 Å². The van der Waals surface area contributed by atoms with Crippen LogP contribution in [-0.2, 0) is 0 Å². The van der Waals surface area contributed by atoms with Gasteiger partial charge >= 0.3 is 0 Å². The van der Waals surface area contributed by atoms with Crippen LogP contribution >= 0.6 is 0 Å². The molecule has 2 rings (SSSR count). The fourth-order valence-corrected chi connectivity index (χ4v) is 2.66. The van der Waals surface area contributed by atoms with E-state index in [-0.39, 0.29) is 18.7 Å². The van der Waals surface area contributed by atoms with E-state index in [9.17, 15) is 5.11 Å². The van der Waals surface area contributed by atoms with Gasteiger partial charge in [0, 0.05) is 12.6 Å². The first-order valence-electron chi connectivity index (χ1n) is 6.78. The zero-order chi connectivity index (χ0) is 13.3. The number of nitrogens with zero attached hydrogens (tertiary/aromatic N) is 3. The lowest BCUT2D eigenvalue weighted by atomic mass is 10.0. The van der Waals surface area contributed by atoms with Gasteiger partial charge in [-0.1, -0.05) is 0 Å². The van der Waals surface area contributed by atoms with Crippen molar-refractivity contribution in [3.05, 3.63) is 5.69 Å². The zero-order valence-corrected chi connectivity index (χ0v) is 11.6. The van der Waals surface area contributed by atoms with E-state index in [1.54, 1.807) is 0 Å². The number of piperidine rings is 1. The lowest BCUT2D eigenvalue weighted by Gasteiger charge is -2.37. The summed E-state index contributed by atoms with van der Waals surface area (Å²) in [6.45, 7) is 7.28. The molecule has 1 saturated heterocycles. The Morgan fingerprint density at radius 3 is 2.78 bits per heavy atom. The third-order valence-corrected chi connectivity index (χ3v) is 3.70. The van der Waals surface area contributed by atoms with Crippen LogP contribution in [0.15, 0.2) is 0 Å². The highest BCUT2D eigenvalue weighted by Gasteiger charge is 2.28. The highest BCUT2D eigenvalue weighted by Crippen LogP contribution is 2.33. The summed E-state index contributed by atoms with van der Waals surface area (Å²) in [4.78, 5) is 2.23. The molecule has 0 bridgehead atoms. The average Bonchev–Trinajstić information content (AvgIpc) is 2.66. The largest absolute Gasteiger partial charge is 0.394 e. The molecule has 0 radical (unpaired) electrons. The molecular weight excluding hydrogens is 228 g/mol. The van der Waals surface area contributed by atoms with E-state index >= 15 is 0 Å². The zero-order valence-electron chi connectivity index (χ0n) is 11.6. The van der Waals surface area contributed by atoms with E-state index in [0.717, 1.165) is 36.6 Å². The smallest absolute Gasteiger partial charge is 0.151 e. The topological polar surface area (TPSA) is 67.3 Å². The van der Waals surface area contributed by atoms with Crippen molar-refractivity contribution in [3.63, 3.8) is 0 Å². The number of hydrogen-bond donors (Lipinski definition) is 2. The summed E-state index contributed by atoms with van der Waals surface area (Å²) in [6.07, 6.45) is 3.35. The fraction of sp³-hybridized carbons (Fsp3) is 0.769. The van der Waals surface area contributed by atoms with Crippen molar-refractivity contribution in [2.24, 2.45) is 0 Å². The molecule has 1 atom stereocenters. The number of rotatable bonds is 3. The standard InChI is InChI=1S/C13H24N4O/c1-9(2)17-13(12(14)10(3)15-17)16-7-5-4-6-11(16)8-18/h9,11,18H,4-8,14H2,1-3H3. The van der Waals surface area contributed by atoms with Gasteiger partial charge in [0.15, 0.2) is 5.82 Å². The lowest BCUT2D eigenvalue weighted by Crippen LogP contribution is -2.43. The minimum absolute atomic E-state index is 0.176. The summed E-state index contributed by atoms with van der Waals surface area (Å²) in [7, 11) is 0. The molecule has 0 spiro atoms. The van der Waals surface area contributed by atoms with E-state index in [2.05, 4.69) is 23.8 Å². The number of aliphatic hydroxyl groups is 1. The van der Waals surface area contributed by atoms with E-state index in [0.29, 0.717) is 0 Å². The number of aryl methyl sites for hydroxylation is 1. The Bertz CT molecular complexity index is 413. The number of aromatic nitrogens is 2. The third-order valence-electron chi connectivity index (χ3n) is 3.70. The van der Waals surface area contributed by atoms with E-state index in [1.807, 2.05) is 11.6 Å². The van der Waals surface area contributed by atoms with Crippen molar-refractivity contribution in [2.75, 3.05) is 23.8 Å². The first kappa shape index (κ1) is 13.2. The van der Waals surface area contributed by atoms with Gasteiger partial charge in [0.05, 0.1) is 24.0 Å². The maximum atomic E-state index is 9.54. The van der Waals surface area contributed by atoms with Crippen LogP contribution in [0.3, 0.4) is 0 Å². The molecule has 1 unspecified atom stereocenters. The maximum Gasteiger partial charge on any atom is 0.151 e. The van der Waals surface area contributed by atoms with Gasteiger partial charge in [-0.15, -0.1) is 0 Å². The first-order chi connectivity index (χ1) is 8.56. The Morgan fingerprint density at radius 2 is 2.17 bits per heavy atom. The summed E-state index contributed by atoms with van der Waals surface area (Å²) in [6, 6.07) is 0.451. The van der Waals surface area contributed by atoms with Crippen molar-refractivity contribution in [1.29, 1.82) is 0 Å². The molecule has 0 saturated carbocycles. The van der Waals surface area contributed by atoms with Gasteiger partial charge in [-0.05, 0) is 40.0 Å². The van der Waals surface area contributed by atoms with Crippen LogP contribution in [0.5, 0.6) is 0 Å². The molecule has 5 heteroatoms. The van der Waals surface area contributed by atoms with Crippen LogP contribution in [0.25, 0.3) is 0 Å². The molecule has 0 amide bonds. The van der Waals surface area contributed by atoms with E-state index in [4.69, 9.17) is 5.73 Å². The van der Waals surface area contributed by atoms with Gasteiger partial charge in [0.1, 0.15) is 0 Å². The monoisotopic (exact) mass is 252 g/mol. The Morgan fingerprint density at radius 1 is 1.44 bits per heavy atom. The van der Waals surface area contributed by atoms with Gasteiger partial charge in [0.25, 0.3) is 0 Å². The molecule has 2 heterocycles. The van der Waals surface area contributed by atoms with Gasteiger partial charge < -0.3 is 15.7 Å². The second-order valence-corrected chi connectivity index (χ2v) is 5.39. The second-order valence-electron chi connectivity index (χ2n) is 5.39. The molecular formula is C13H24N4O. The van der Waals surface area contributed by atoms with Gasteiger partial charge in [-0.25, -0.2) is 4.68 Å². The molecule has 0 aromatic carbocycles. The highest BCUT2D eigenvalue weighted by molar-refractivity contribution is 5.67. The SMILES string of the molecule is Cc1nn(C(C)C)c(N2CCCCC2CO)c1N. The Kier molecular flexibility index (Phi) is 3.80. The van der Waals surface area contributed by atoms with E-state index in [1.165, 1.54) is 6.42 Å². The fourth-order valence-electron chi connectivity index (χ4n) is 2.66. The molecule has 1 fully saturated rings. The molecule has 102 valence electrons. The molecule has 1 aliphatic heterocycles. The van der Waals surface area contributed by atoms with Crippen LogP contribution < -0.4 is 10.6 Å². The summed E-state index contributed by atoms with van der Waals surface area (Å²) in [5, 5.41) is 14.1. The van der Waals surface area contributed by atoms with Crippen LogP contribution in [0.2, 0.25) is 0 Å². The van der Waals surface area contributed by atoms with Crippen molar-refractivity contribution >= 4 is 11.5 Å². The van der Waals surface area contributed by atoms with Crippen LogP contribution in [0.4, 0.5) is 11.5 Å². The lowest BCUT2D eigenvalue weighted by molar-refractivity contribution is 0.238. The van der Waals surface area contributed by atoms with Crippen molar-refractivity contribution < 1.29 is 5.11 Å². The number of nitrogens with two attached hydrogens (primary N) is 1. The first-order valence-corrected chi connectivity index (χ1v) is 6.78. The third kappa shape index (κ3) is 2.19. The van der Waals surface area contributed by atoms with Crippen molar-refractivity contribution in [1.82, 2.24) is 9.78 Å². The molecule has 0 aliphatic carbocycles. The summed E-state index contributed by atoms with van der Waals surface area (Å²) >= 11 is 0. The average molecular weight is 252 g/mol. The minimum atomic E-state index is 0.176. The van der Waals surface area contributed by atoms with Crippen molar-refractivity contribution in [3.8, 4) is 0 Å². The predicted molar refractivity (Wildman–Crippen MR) is 73.8 cm³/mol. The summed E-state index contributed by atoms with van der Waals surface area (Å²) in [5.41, 5.74) is 7.81. The Hall–Kier alpha value is -1.23. The molecule has 18 heavy (non-hydrogen) atoms. The van der Waals surface area contributed by atoms with Crippen molar-refractivity contribution in [2.45, 2.75) is 52.1 Å². The van der Waals surface area contributed by atoms with Crippen LogP contribution in [0.1, 0.15) is 44.8 Å². The van der Waals surface area contributed by atoms with E-state index < -0.39 is 0 Å². The number of anilines is 2. The number of nitrogen functional groups attached to an aromatic ring is 1. The van der Waals surface area contributed by atoms with Gasteiger partial charge in [-0.3, -0.25) is 0 Å². The highest BCUT2D eigenvalue weighted by atomic mass is 16.3. The Labute approximate surface area is 109 Å². The van der Waals surface area contributed by atoms with Crippen LogP contribution in [-0.4, -0.2) is 34.1 Å². The Balaban J connectivity index is 2.41. The predicted octanol–water partition coefficient (Wildman–Crippen LogP) is 1.71. The maximum absolute atomic E-state index is 9.54. The molecule has 1 aromatic heterocycles. The molecule has 5 nitrogen and oxygen atoms in total. The number of hydrogen-bond acceptors (Lipinski definition) is 4. The molecule has 1 aliphatic rings. The quantitative estimate of drug-likeness (QED) is 0.859. The number of aliphatic hydroxyl groups excluding tert-OH is 1. The minimum Gasteiger partial charge on any atom is -0.394 e.